The molecule has 0 radical (unpaired) electrons. The molecule has 1 unspecified atom stereocenters. The average molecular weight is 629 g/mol. The number of benzene rings is 3. The third kappa shape index (κ3) is 8.36. The number of hydrogen-bond donors (Lipinski definition) is 2. The number of anilines is 3. The van der Waals surface area contributed by atoms with Gasteiger partial charge in [0.05, 0.1) is 12.3 Å². The molecule has 0 bridgehead atoms. The first-order valence-electron chi connectivity index (χ1n) is 15.6. The Hall–Kier alpha value is -5.61. The highest BCUT2D eigenvalue weighted by Crippen LogP contribution is 2.29. The van der Waals surface area contributed by atoms with E-state index < -0.39 is 0 Å². The van der Waals surface area contributed by atoms with Gasteiger partial charge in [-0.15, -0.1) is 0 Å². The minimum Gasteiger partial charge on any atom is -0.422 e. The minimum absolute atomic E-state index is 0.0883. The number of aryl methyl sites for hydroxylation is 1. The van der Waals surface area contributed by atoms with Gasteiger partial charge in [-0.05, 0) is 78.9 Å². The predicted molar refractivity (Wildman–Crippen MR) is 180 cm³/mol. The smallest absolute Gasteiger partial charge is 0.411 e. The predicted octanol–water partition coefficient (Wildman–Crippen LogP) is 7.33. The fourth-order valence-electron chi connectivity index (χ4n) is 5.49. The Morgan fingerprint density at radius 1 is 0.957 bits per heavy atom. The third-order valence-corrected chi connectivity index (χ3v) is 8.06. The summed E-state index contributed by atoms with van der Waals surface area (Å²) >= 11 is 0. The molecule has 0 saturated carbocycles. The van der Waals surface area contributed by atoms with E-state index in [4.69, 9.17) is 9.47 Å². The van der Waals surface area contributed by atoms with E-state index >= 15 is 0 Å². The van der Waals surface area contributed by atoms with Crippen molar-refractivity contribution in [2.24, 2.45) is 0 Å². The Labute approximate surface area is 273 Å². The van der Waals surface area contributed by atoms with E-state index in [0.29, 0.717) is 36.9 Å². The summed E-state index contributed by atoms with van der Waals surface area (Å²) in [4.78, 5) is 40.8. The van der Waals surface area contributed by atoms with Crippen LogP contribution in [0, 0.1) is 6.92 Å². The molecule has 0 spiro atoms. The number of likely N-dealkylation sites (tertiary alicyclic amines) is 1. The standard InChI is InChI=1S/C37H36N6O4/c1-26-11-12-29(21-34(26)42-36-39-19-17-33(41-36)30-9-5-18-38-22-30)35(44)40-32-15-13-28(14-16-32)31-10-6-20-43(23-31)37(45)47-25-46-24-27-7-3-2-4-8-27/h2-5,7-9,11-19,21-22,31H,6,10,20,23-25H2,1H3,(H,40,44)(H,39,41,42). The van der Waals surface area contributed by atoms with E-state index in [2.05, 4.69) is 25.6 Å². The van der Waals surface area contributed by atoms with Gasteiger partial charge in [0.1, 0.15) is 0 Å². The molecule has 1 atom stereocenters. The topological polar surface area (TPSA) is 119 Å². The number of hydrogen-bond acceptors (Lipinski definition) is 8. The van der Waals surface area contributed by atoms with Crippen LogP contribution >= 0.6 is 0 Å². The maximum atomic E-state index is 13.2. The first kappa shape index (κ1) is 31.4. The van der Waals surface area contributed by atoms with Crippen molar-refractivity contribution >= 4 is 29.3 Å². The minimum atomic E-state index is -0.369. The summed E-state index contributed by atoms with van der Waals surface area (Å²) in [6.45, 7) is 3.47. The van der Waals surface area contributed by atoms with E-state index in [9.17, 15) is 9.59 Å². The zero-order chi connectivity index (χ0) is 32.4. The Morgan fingerprint density at radius 2 is 1.81 bits per heavy atom. The Bertz CT molecular complexity index is 1800. The van der Waals surface area contributed by atoms with Gasteiger partial charge in [0.25, 0.3) is 5.91 Å². The fourth-order valence-corrected chi connectivity index (χ4v) is 5.49. The molecule has 2 aromatic heterocycles. The lowest BCUT2D eigenvalue weighted by Crippen LogP contribution is -2.39. The van der Waals surface area contributed by atoms with Crippen LogP contribution in [0.1, 0.15) is 45.8 Å². The lowest BCUT2D eigenvalue weighted by molar-refractivity contribution is -0.0371. The van der Waals surface area contributed by atoms with Gasteiger partial charge >= 0.3 is 6.09 Å². The van der Waals surface area contributed by atoms with Crippen LogP contribution in [-0.2, 0) is 16.1 Å². The summed E-state index contributed by atoms with van der Waals surface area (Å²) in [7, 11) is 0. The number of amides is 2. The molecule has 238 valence electrons. The van der Waals surface area contributed by atoms with Gasteiger partial charge < -0.3 is 25.0 Å². The monoisotopic (exact) mass is 628 g/mol. The van der Waals surface area contributed by atoms with Gasteiger partial charge in [0, 0.05) is 60.1 Å². The lowest BCUT2D eigenvalue weighted by atomic mass is 9.90. The number of rotatable bonds is 10. The normalized spacial score (nSPS) is 14.3. The highest BCUT2D eigenvalue weighted by Gasteiger charge is 2.26. The molecule has 1 saturated heterocycles. The maximum Gasteiger partial charge on any atom is 0.411 e. The lowest BCUT2D eigenvalue weighted by Gasteiger charge is -2.32. The molecule has 1 aliphatic rings. The van der Waals surface area contributed by atoms with Crippen LogP contribution in [0.15, 0.2) is 110 Å². The first-order chi connectivity index (χ1) is 23.0. The summed E-state index contributed by atoms with van der Waals surface area (Å²) in [6, 6.07) is 28.7. The molecule has 5 aromatic rings. The molecule has 6 rings (SSSR count). The molecule has 1 aliphatic heterocycles. The number of carbonyl (C=O) groups excluding carboxylic acids is 2. The molecule has 0 aliphatic carbocycles. The molecule has 2 N–H and O–H groups in total. The van der Waals surface area contributed by atoms with E-state index in [1.54, 1.807) is 35.6 Å². The Kier molecular flexibility index (Phi) is 10.1. The van der Waals surface area contributed by atoms with E-state index in [0.717, 1.165) is 46.5 Å². The van der Waals surface area contributed by atoms with Crippen molar-refractivity contribution in [3.8, 4) is 11.3 Å². The maximum absolute atomic E-state index is 13.2. The van der Waals surface area contributed by atoms with Crippen LogP contribution in [0.5, 0.6) is 0 Å². The molecule has 10 heteroatoms. The van der Waals surface area contributed by atoms with Gasteiger partial charge in [0.2, 0.25) is 5.95 Å². The van der Waals surface area contributed by atoms with Crippen LogP contribution < -0.4 is 10.6 Å². The van der Waals surface area contributed by atoms with Crippen LogP contribution in [0.25, 0.3) is 11.3 Å². The van der Waals surface area contributed by atoms with Crippen molar-refractivity contribution < 1.29 is 19.1 Å². The number of piperidine rings is 1. The van der Waals surface area contributed by atoms with Crippen molar-refractivity contribution in [1.82, 2.24) is 19.9 Å². The van der Waals surface area contributed by atoms with Crippen molar-refractivity contribution in [3.05, 3.63) is 132 Å². The van der Waals surface area contributed by atoms with Crippen LogP contribution in [-0.4, -0.2) is 51.7 Å². The Balaban J connectivity index is 1.02. The largest absolute Gasteiger partial charge is 0.422 e. The molecule has 3 aromatic carbocycles. The van der Waals surface area contributed by atoms with Gasteiger partial charge in [-0.2, -0.15) is 0 Å². The zero-order valence-electron chi connectivity index (χ0n) is 26.1. The quantitative estimate of drug-likeness (QED) is 0.122. The van der Waals surface area contributed by atoms with Gasteiger partial charge in [-0.25, -0.2) is 14.8 Å². The van der Waals surface area contributed by atoms with Crippen LogP contribution in [0.3, 0.4) is 0 Å². The van der Waals surface area contributed by atoms with Crippen molar-refractivity contribution in [2.75, 3.05) is 30.5 Å². The van der Waals surface area contributed by atoms with Gasteiger partial charge in [-0.3, -0.25) is 9.78 Å². The van der Waals surface area contributed by atoms with E-state index in [1.165, 1.54) is 0 Å². The van der Waals surface area contributed by atoms with Gasteiger partial charge in [-0.1, -0.05) is 48.5 Å². The molecular weight excluding hydrogens is 592 g/mol. The molecule has 47 heavy (non-hydrogen) atoms. The van der Waals surface area contributed by atoms with Crippen LogP contribution in [0.4, 0.5) is 22.1 Å². The number of ether oxygens (including phenoxy) is 2. The summed E-state index contributed by atoms with van der Waals surface area (Å²) in [5.74, 6) is 0.372. The summed E-state index contributed by atoms with van der Waals surface area (Å²) in [5, 5.41) is 6.24. The summed E-state index contributed by atoms with van der Waals surface area (Å²) < 4.78 is 10.9. The van der Waals surface area contributed by atoms with E-state index in [1.807, 2.05) is 85.8 Å². The molecular formula is C37H36N6O4. The molecule has 1 fully saturated rings. The van der Waals surface area contributed by atoms with Crippen molar-refractivity contribution in [2.45, 2.75) is 32.3 Å². The Morgan fingerprint density at radius 3 is 2.62 bits per heavy atom. The summed E-state index contributed by atoms with van der Waals surface area (Å²) in [6.07, 6.45) is 6.63. The molecule has 3 heterocycles. The van der Waals surface area contributed by atoms with Crippen molar-refractivity contribution in [3.63, 3.8) is 0 Å². The van der Waals surface area contributed by atoms with Crippen LogP contribution in [0.2, 0.25) is 0 Å². The second kappa shape index (κ2) is 15.1. The highest BCUT2D eigenvalue weighted by atomic mass is 16.7. The fraction of sp³-hybridized carbons (Fsp3) is 0.216. The summed E-state index contributed by atoms with van der Waals surface area (Å²) in [5.41, 5.74) is 6.63. The SMILES string of the molecule is Cc1ccc(C(=O)Nc2ccc(C3CCCN(C(=O)OCOCc4ccccc4)C3)cc2)cc1Nc1nccc(-c2cccnc2)n1. The zero-order valence-corrected chi connectivity index (χ0v) is 26.1. The average Bonchev–Trinajstić information content (AvgIpc) is 3.12. The van der Waals surface area contributed by atoms with E-state index in [-0.39, 0.29) is 24.7 Å². The number of pyridine rings is 1. The first-order valence-corrected chi connectivity index (χ1v) is 15.6. The van der Waals surface area contributed by atoms with Crippen molar-refractivity contribution in [1.29, 1.82) is 0 Å². The second-order valence-corrected chi connectivity index (χ2v) is 11.4. The highest BCUT2D eigenvalue weighted by molar-refractivity contribution is 6.05. The number of carbonyl (C=O) groups is 2. The number of nitrogens with one attached hydrogen (secondary N) is 2. The third-order valence-electron chi connectivity index (χ3n) is 8.06. The number of aromatic nitrogens is 3. The number of nitrogens with zero attached hydrogens (tertiary/aromatic N) is 4. The molecule has 10 nitrogen and oxygen atoms in total. The molecule has 2 amide bonds. The van der Waals surface area contributed by atoms with Gasteiger partial charge in [0.15, 0.2) is 6.79 Å². The second-order valence-electron chi connectivity index (χ2n) is 11.4.